The topological polar surface area (TPSA) is 238 Å². The van der Waals surface area contributed by atoms with Crippen LogP contribution in [0.15, 0.2) is 73.3 Å². The molecule has 0 aliphatic carbocycles. The van der Waals surface area contributed by atoms with Gasteiger partial charge >= 0.3 is 5.97 Å². The van der Waals surface area contributed by atoms with E-state index < -0.39 is 53.8 Å². The van der Waals surface area contributed by atoms with Crippen LogP contribution in [-0.2, 0) is 43.2 Å². The SMILES string of the molecule is NC(=O)CCC(N)C(=O)NC(Cc1c[nH]c2ccccc12)C(=O)NC(Cc1ccccc1)C(=O)NC(Cc1cnc[nH]1)C(=O)O. The summed E-state index contributed by atoms with van der Waals surface area (Å²) < 4.78 is 0. The minimum absolute atomic E-state index is 0.0193. The monoisotopic (exact) mass is 616 g/mol. The van der Waals surface area contributed by atoms with Crippen molar-refractivity contribution in [1.82, 2.24) is 30.9 Å². The van der Waals surface area contributed by atoms with Crippen molar-refractivity contribution in [2.75, 3.05) is 0 Å². The number of nitrogens with one attached hydrogen (secondary N) is 5. The predicted octanol–water partition coefficient (Wildman–Crippen LogP) is 0.0507. The zero-order valence-electron chi connectivity index (χ0n) is 24.4. The van der Waals surface area contributed by atoms with Crippen molar-refractivity contribution in [2.45, 2.75) is 56.3 Å². The highest BCUT2D eigenvalue weighted by atomic mass is 16.4. The molecule has 2 aromatic heterocycles. The van der Waals surface area contributed by atoms with Crippen LogP contribution in [0.1, 0.15) is 29.7 Å². The third kappa shape index (κ3) is 9.24. The number of carboxylic acids is 1. The van der Waals surface area contributed by atoms with Gasteiger partial charge in [0.05, 0.1) is 12.4 Å². The van der Waals surface area contributed by atoms with E-state index in [2.05, 4.69) is 30.9 Å². The molecule has 4 unspecified atom stereocenters. The molecule has 10 N–H and O–H groups in total. The molecule has 0 aliphatic rings. The number of carboxylic acid groups (broad SMARTS) is 1. The number of carbonyl (C=O) groups excluding carboxylic acids is 4. The van der Waals surface area contributed by atoms with E-state index in [-0.39, 0.29) is 32.1 Å². The summed E-state index contributed by atoms with van der Waals surface area (Å²) in [5, 5.41) is 18.5. The molecule has 236 valence electrons. The van der Waals surface area contributed by atoms with Crippen LogP contribution in [0.25, 0.3) is 10.9 Å². The van der Waals surface area contributed by atoms with E-state index in [9.17, 15) is 29.1 Å². The van der Waals surface area contributed by atoms with E-state index in [1.807, 2.05) is 24.3 Å². The fraction of sp³-hybridized carbons (Fsp3) is 0.290. The fourth-order valence-corrected chi connectivity index (χ4v) is 4.86. The van der Waals surface area contributed by atoms with Gasteiger partial charge in [0.15, 0.2) is 0 Å². The summed E-state index contributed by atoms with van der Waals surface area (Å²) >= 11 is 0. The summed E-state index contributed by atoms with van der Waals surface area (Å²) in [6, 6.07) is 11.5. The first kappa shape index (κ1) is 32.4. The summed E-state index contributed by atoms with van der Waals surface area (Å²) in [7, 11) is 0. The van der Waals surface area contributed by atoms with E-state index in [0.29, 0.717) is 11.3 Å². The largest absolute Gasteiger partial charge is 0.480 e. The third-order valence-corrected chi connectivity index (χ3v) is 7.28. The third-order valence-electron chi connectivity index (χ3n) is 7.28. The number of nitrogens with zero attached hydrogens (tertiary/aromatic N) is 1. The average molecular weight is 617 g/mol. The van der Waals surface area contributed by atoms with Gasteiger partial charge in [-0.1, -0.05) is 48.5 Å². The van der Waals surface area contributed by atoms with Crippen molar-refractivity contribution >= 4 is 40.5 Å². The van der Waals surface area contributed by atoms with E-state index in [1.165, 1.54) is 12.5 Å². The lowest BCUT2D eigenvalue weighted by atomic mass is 10.0. The Morgan fingerprint density at radius 3 is 2.11 bits per heavy atom. The van der Waals surface area contributed by atoms with Crippen LogP contribution in [0, 0.1) is 0 Å². The summed E-state index contributed by atoms with van der Waals surface area (Å²) in [5.74, 6) is -3.97. The number of carbonyl (C=O) groups is 5. The van der Waals surface area contributed by atoms with Crippen molar-refractivity contribution in [3.05, 3.63) is 90.1 Å². The zero-order chi connectivity index (χ0) is 32.3. The number of hydrogen-bond donors (Lipinski definition) is 8. The van der Waals surface area contributed by atoms with Gasteiger partial charge < -0.3 is 42.5 Å². The van der Waals surface area contributed by atoms with Crippen molar-refractivity contribution in [3.8, 4) is 0 Å². The van der Waals surface area contributed by atoms with Crippen molar-refractivity contribution in [3.63, 3.8) is 0 Å². The molecule has 0 saturated heterocycles. The van der Waals surface area contributed by atoms with Gasteiger partial charge in [0.25, 0.3) is 0 Å². The predicted molar refractivity (Wildman–Crippen MR) is 164 cm³/mol. The van der Waals surface area contributed by atoms with E-state index >= 15 is 0 Å². The van der Waals surface area contributed by atoms with Gasteiger partial charge in [-0.15, -0.1) is 0 Å². The lowest BCUT2D eigenvalue weighted by molar-refractivity contribution is -0.142. The average Bonchev–Trinajstić information content (AvgIpc) is 3.69. The molecule has 0 radical (unpaired) electrons. The molecule has 14 heteroatoms. The molecule has 4 rings (SSSR count). The number of aromatic nitrogens is 3. The van der Waals surface area contributed by atoms with E-state index in [1.54, 1.807) is 36.5 Å². The second-order valence-corrected chi connectivity index (χ2v) is 10.7. The smallest absolute Gasteiger partial charge is 0.326 e. The Kier molecular flexibility index (Phi) is 11.0. The Morgan fingerprint density at radius 1 is 0.800 bits per heavy atom. The molecule has 4 atom stereocenters. The van der Waals surface area contributed by atoms with Crippen LogP contribution >= 0.6 is 0 Å². The number of para-hydroxylation sites is 1. The maximum absolute atomic E-state index is 13.9. The molecule has 14 nitrogen and oxygen atoms in total. The molecule has 2 aromatic carbocycles. The molecule has 0 saturated carbocycles. The lowest BCUT2D eigenvalue weighted by Crippen LogP contribution is -2.58. The molecule has 0 fully saturated rings. The van der Waals surface area contributed by atoms with Crippen LogP contribution in [0.5, 0.6) is 0 Å². The highest BCUT2D eigenvalue weighted by Gasteiger charge is 2.31. The molecular formula is C31H36N8O6. The molecule has 45 heavy (non-hydrogen) atoms. The maximum atomic E-state index is 13.9. The Morgan fingerprint density at radius 2 is 1.44 bits per heavy atom. The number of fused-ring (bicyclic) bond motifs is 1. The number of aliphatic carboxylic acids is 1. The van der Waals surface area contributed by atoms with Gasteiger partial charge in [-0.05, 0) is 23.6 Å². The number of rotatable bonds is 16. The number of imidazole rings is 1. The molecule has 0 bridgehead atoms. The number of primary amides is 1. The number of aromatic amines is 2. The summed E-state index contributed by atoms with van der Waals surface area (Å²) in [4.78, 5) is 73.5. The summed E-state index contributed by atoms with van der Waals surface area (Å²) in [6.07, 6.45) is 4.47. The molecular weight excluding hydrogens is 580 g/mol. The van der Waals surface area contributed by atoms with Gasteiger partial charge in [0.2, 0.25) is 23.6 Å². The first-order valence-corrected chi connectivity index (χ1v) is 14.3. The fourth-order valence-electron chi connectivity index (χ4n) is 4.86. The Labute approximate surface area is 258 Å². The lowest BCUT2D eigenvalue weighted by Gasteiger charge is -2.25. The quantitative estimate of drug-likeness (QED) is 0.0854. The normalized spacial score (nSPS) is 13.7. The van der Waals surface area contributed by atoms with Crippen LogP contribution in [0.2, 0.25) is 0 Å². The standard InChI is InChI=1S/C31H36N8O6/c32-22(10-11-27(33)40)28(41)37-25(13-19-15-35-23-9-5-4-8-21(19)23)30(43)38-24(12-18-6-2-1-3-7-18)29(42)39-26(31(44)45)14-20-16-34-17-36-20/h1-9,15-17,22,24-26,35H,10-14,32H2,(H2,33,40)(H,34,36)(H,37,41)(H,38,43)(H,39,42)(H,44,45). The minimum atomic E-state index is -1.31. The Hall–Kier alpha value is -5.50. The van der Waals surface area contributed by atoms with Gasteiger partial charge in [0, 0.05) is 54.7 Å². The number of hydrogen-bond acceptors (Lipinski definition) is 7. The molecule has 0 spiro atoms. The Bertz CT molecular complexity index is 1620. The van der Waals surface area contributed by atoms with E-state index in [0.717, 1.165) is 16.5 Å². The number of nitrogens with two attached hydrogens (primary N) is 2. The minimum Gasteiger partial charge on any atom is -0.480 e. The van der Waals surface area contributed by atoms with Crippen LogP contribution in [0.3, 0.4) is 0 Å². The van der Waals surface area contributed by atoms with Crippen molar-refractivity contribution in [1.29, 1.82) is 0 Å². The number of amides is 4. The summed E-state index contributed by atoms with van der Waals surface area (Å²) in [5.41, 5.74) is 13.9. The van der Waals surface area contributed by atoms with Crippen LogP contribution in [0.4, 0.5) is 0 Å². The molecule has 4 aromatic rings. The molecule has 4 amide bonds. The van der Waals surface area contributed by atoms with Crippen LogP contribution < -0.4 is 27.4 Å². The first-order chi connectivity index (χ1) is 21.6. The zero-order valence-corrected chi connectivity index (χ0v) is 24.4. The van der Waals surface area contributed by atoms with Gasteiger partial charge in [0.1, 0.15) is 18.1 Å². The second-order valence-electron chi connectivity index (χ2n) is 10.7. The van der Waals surface area contributed by atoms with Crippen molar-refractivity contribution in [2.24, 2.45) is 11.5 Å². The molecule has 0 aliphatic heterocycles. The van der Waals surface area contributed by atoms with Crippen molar-refractivity contribution < 1.29 is 29.1 Å². The number of benzene rings is 2. The second kappa shape index (κ2) is 15.3. The van der Waals surface area contributed by atoms with Crippen LogP contribution in [-0.4, -0.2) is 73.8 Å². The van der Waals surface area contributed by atoms with E-state index in [4.69, 9.17) is 11.5 Å². The van der Waals surface area contributed by atoms with Gasteiger partial charge in [-0.3, -0.25) is 19.2 Å². The molecule has 2 heterocycles. The number of H-pyrrole nitrogens is 2. The first-order valence-electron chi connectivity index (χ1n) is 14.3. The maximum Gasteiger partial charge on any atom is 0.326 e. The van der Waals surface area contributed by atoms with Gasteiger partial charge in [-0.25, -0.2) is 9.78 Å². The summed E-state index contributed by atoms with van der Waals surface area (Å²) in [6.45, 7) is 0. The van der Waals surface area contributed by atoms with Gasteiger partial charge in [-0.2, -0.15) is 0 Å². The highest BCUT2D eigenvalue weighted by Crippen LogP contribution is 2.19. The Balaban J connectivity index is 1.58. The highest BCUT2D eigenvalue weighted by molar-refractivity contribution is 5.95.